The normalized spacial score (nSPS) is 17.9. The predicted octanol–water partition coefficient (Wildman–Crippen LogP) is 1.59. The fraction of sp³-hybridized carbons (Fsp3) is 0.444. The van der Waals surface area contributed by atoms with Crippen LogP contribution in [-0.4, -0.2) is 47.8 Å². The molecule has 1 saturated carbocycles. The van der Waals surface area contributed by atoms with E-state index in [9.17, 15) is 9.59 Å². The van der Waals surface area contributed by atoms with Crippen LogP contribution in [0.25, 0.3) is 11.4 Å². The molecule has 2 amide bonds. The summed E-state index contributed by atoms with van der Waals surface area (Å²) in [5.74, 6) is 2.14. The van der Waals surface area contributed by atoms with E-state index in [0.717, 1.165) is 6.42 Å². The van der Waals surface area contributed by atoms with Crippen LogP contribution in [0, 0.1) is 11.8 Å². The maximum atomic E-state index is 12.0. The van der Waals surface area contributed by atoms with Crippen LogP contribution in [0.3, 0.4) is 0 Å². The Kier molecular flexibility index (Phi) is 5.58. The Labute approximate surface area is 156 Å². The van der Waals surface area contributed by atoms with Crippen LogP contribution < -0.4 is 20.1 Å². The number of methoxy groups -OCH3 is 2. The van der Waals surface area contributed by atoms with Gasteiger partial charge >= 0.3 is 0 Å². The summed E-state index contributed by atoms with van der Waals surface area (Å²) in [5, 5.41) is 12.2. The van der Waals surface area contributed by atoms with Crippen molar-refractivity contribution < 1.29 is 19.1 Å². The van der Waals surface area contributed by atoms with E-state index >= 15 is 0 Å². The molecule has 1 aliphatic carbocycles. The van der Waals surface area contributed by atoms with Gasteiger partial charge in [0.15, 0.2) is 5.82 Å². The third-order valence-corrected chi connectivity index (χ3v) is 4.50. The summed E-state index contributed by atoms with van der Waals surface area (Å²) in [5.41, 5.74) is 0.692. The van der Waals surface area contributed by atoms with Crippen LogP contribution in [0.1, 0.15) is 19.8 Å². The number of hydrogen-bond acceptors (Lipinski definition) is 6. The molecule has 0 bridgehead atoms. The van der Waals surface area contributed by atoms with E-state index < -0.39 is 0 Å². The minimum Gasteiger partial charge on any atom is -0.497 e. The number of ether oxygens (including phenoxy) is 2. The van der Waals surface area contributed by atoms with Gasteiger partial charge in [-0.05, 0) is 24.5 Å². The minimum absolute atomic E-state index is 0.0158. The number of H-pyrrole nitrogens is 1. The van der Waals surface area contributed by atoms with Gasteiger partial charge in [0.1, 0.15) is 11.5 Å². The summed E-state index contributed by atoms with van der Waals surface area (Å²) in [6, 6.07) is 5.31. The first-order valence-electron chi connectivity index (χ1n) is 8.74. The Balaban J connectivity index is 1.54. The molecule has 2 aromatic rings. The number of anilines is 1. The van der Waals surface area contributed by atoms with Crippen LogP contribution in [-0.2, 0) is 9.59 Å². The topological polar surface area (TPSA) is 118 Å². The number of benzene rings is 1. The molecule has 3 rings (SSSR count). The molecule has 1 fully saturated rings. The molecule has 0 radical (unpaired) electrons. The smallest absolute Gasteiger partial charge is 0.249 e. The van der Waals surface area contributed by atoms with Crippen molar-refractivity contribution in [3.05, 3.63) is 18.2 Å². The highest BCUT2D eigenvalue weighted by Gasteiger charge is 2.38. The Morgan fingerprint density at radius 3 is 2.74 bits per heavy atom. The molecule has 0 saturated heterocycles. The molecule has 1 aliphatic rings. The zero-order chi connectivity index (χ0) is 19.4. The Morgan fingerprint density at radius 2 is 2.07 bits per heavy atom. The van der Waals surface area contributed by atoms with Crippen LogP contribution in [0.15, 0.2) is 18.2 Å². The van der Waals surface area contributed by atoms with Crippen molar-refractivity contribution in [2.75, 3.05) is 26.1 Å². The maximum absolute atomic E-state index is 12.0. The van der Waals surface area contributed by atoms with Crippen LogP contribution >= 0.6 is 0 Å². The van der Waals surface area contributed by atoms with Gasteiger partial charge in [0.2, 0.25) is 17.8 Å². The van der Waals surface area contributed by atoms with Crippen molar-refractivity contribution in [2.45, 2.75) is 19.8 Å². The van der Waals surface area contributed by atoms with Gasteiger partial charge in [0.25, 0.3) is 0 Å². The van der Waals surface area contributed by atoms with E-state index in [0.29, 0.717) is 28.8 Å². The summed E-state index contributed by atoms with van der Waals surface area (Å²) >= 11 is 0. The number of carbonyl (C=O) groups excluding carboxylic acids is 2. The molecular weight excluding hydrogens is 350 g/mol. The molecule has 0 spiro atoms. The quantitative estimate of drug-likeness (QED) is 0.647. The second kappa shape index (κ2) is 8.07. The second-order valence-electron chi connectivity index (χ2n) is 6.48. The number of nitrogens with one attached hydrogen (secondary N) is 3. The summed E-state index contributed by atoms with van der Waals surface area (Å²) in [4.78, 5) is 28.0. The third-order valence-electron chi connectivity index (χ3n) is 4.50. The lowest BCUT2D eigenvalue weighted by Crippen LogP contribution is -2.29. The molecule has 3 N–H and O–H groups in total. The average Bonchev–Trinajstić information content (AvgIpc) is 3.23. The molecular formula is C18H23N5O4. The number of nitrogens with zero attached hydrogens (tertiary/aromatic N) is 2. The SMILES string of the molecule is COc1ccc(-c2nc(NC(=O)CCNC(=O)C3CC3C)n[nH]2)c(OC)c1. The fourth-order valence-electron chi connectivity index (χ4n) is 2.74. The first-order chi connectivity index (χ1) is 13.0. The monoisotopic (exact) mass is 373 g/mol. The van der Waals surface area contributed by atoms with Crippen molar-refractivity contribution in [3.8, 4) is 22.9 Å². The van der Waals surface area contributed by atoms with Gasteiger partial charge in [0.05, 0.1) is 19.8 Å². The minimum atomic E-state index is -0.272. The fourth-order valence-corrected chi connectivity index (χ4v) is 2.74. The first kappa shape index (κ1) is 18.7. The number of rotatable bonds is 8. The molecule has 1 aromatic carbocycles. The molecule has 2 atom stereocenters. The second-order valence-corrected chi connectivity index (χ2v) is 6.48. The van der Waals surface area contributed by atoms with Crippen LogP contribution in [0.4, 0.5) is 5.95 Å². The van der Waals surface area contributed by atoms with Gasteiger partial charge in [-0.15, -0.1) is 5.10 Å². The molecule has 0 aliphatic heterocycles. The van der Waals surface area contributed by atoms with Gasteiger partial charge in [0, 0.05) is 24.9 Å². The highest BCUT2D eigenvalue weighted by atomic mass is 16.5. The Morgan fingerprint density at radius 1 is 1.30 bits per heavy atom. The molecule has 1 heterocycles. The van der Waals surface area contributed by atoms with E-state index in [1.807, 2.05) is 6.92 Å². The van der Waals surface area contributed by atoms with Gasteiger partial charge in [-0.2, -0.15) is 4.98 Å². The number of aromatic nitrogens is 3. The van der Waals surface area contributed by atoms with Crippen LogP contribution in [0.2, 0.25) is 0 Å². The lowest BCUT2D eigenvalue weighted by Gasteiger charge is -2.07. The molecule has 144 valence electrons. The van der Waals surface area contributed by atoms with E-state index in [4.69, 9.17) is 9.47 Å². The van der Waals surface area contributed by atoms with E-state index in [-0.39, 0.29) is 36.6 Å². The first-order valence-corrected chi connectivity index (χ1v) is 8.74. The average molecular weight is 373 g/mol. The van der Waals surface area contributed by atoms with Gasteiger partial charge in [-0.1, -0.05) is 6.92 Å². The summed E-state index contributed by atoms with van der Waals surface area (Å²) in [6.07, 6.45) is 1.08. The van der Waals surface area contributed by atoms with Crippen molar-refractivity contribution in [1.82, 2.24) is 20.5 Å². The molecule has 27 heavy (non-hydrogen) atoms. The van der Waals surface area contributed by atoms with Gasteiger partial charge in [-0.25, -0.2) is 0 Å². The zero-order valence-corrected chi connectivity index (χ0v) is 15.5. The largest absolute Gasteiger partial charge is 0.497 e. The predicted molar refractivity (Wildman–Crippen MR) is 98.5 cm³/mol. The third kappa shape index (κ3) is 4.55. The van der Waals surface area contributed by atoms with Crippen molar-refractivity contribution >= 4 is 17.8 Å². The molecule has 9 heteroatoms. The number of hydrogen-bond donors (Lipinski definition) is 3. The molecule has 1 aromatic heterocycles. The summed E-state index contributed by atoms with van der Waals surface area (Å²) in [7, 11) is 3.12. The number of aromatic amines is 1. The van der Waals surface area contributed by atoms with E-state index in [1.165, 1.54) is 0 Å². The zero-order valence-electron chi connectivity index (χ0n) is 15.5. The number of amides is 2. The van der Waals surface area contributed by atoms with E-state index in [1.54, 1.807) is 32.4 Å². The van der Waals surface area contributed by atoms with Gasteiger partial charge in [-0.3, -0.25) is 20.0 Å². The standard InChI is InChI=1S/C18H23N5O4/c1-10-8-13(10)17(25)19-7-6-15(24)20-18-21-16(22-23-18)12-5-4-11(26-2)9-14(12)27-3/h4-5,9-10,13H,6-8H2,1-3H3,(H,19,25)(H2,20,21,22,23,24). The highest BCUT2D eigenvalue weighted by Crippen LogP contribution is 2.37. The Bertz CT molecular complexity index is 835. The van der Waals surface area contributed by atoms with Crippen molar-refractivity contribution in [1.29, 1.82) is 0 Å². The number of carbonyl (C=O) groups is 2. The summed E-state index contributed by atoms with van der Waals surface area (Å²) in [6.45, 7) is 2.33. The maximum Gasteiger partial charge on any atom is 0.249 e. The molecule has 9 nitrogen and oxygen atoms in total. The highest BCUT2D eigenvalue weighted by molar-refractivity contribution is 5.90. The van der Waals surface area contributed by atoms with Gasteiger partial charge < -0.3 is 14.8 Å². The lowest BCUT2D eigenvalue weighted by atomic mass is 10.2. The lowest BCUT2D eigenvalue weighted by molar-refractivity contribution is -0.122. The van der Waals surface area contributed by atoms with Crippen molar-refractivity contribution in [2.24, 2.45) is 11.8 Å². The summed E-state index contributed by atoms with van der Waals surface area (Å²) < 4.78 is 10.5. The van der Waals surface area contributed by atoms with Crippen LogP contribution in [0.5, 0.6) is 11.5 Å². The van der Waals surface area contributed by atoms with E-state index in [2.05, 4.69) is 25.8 Å². The Hall–Kier alpha value is -3.10. The molecule has 2 unspecified atom stereocenters. The van der Waals surface area contributed by atoms with Crippen molar-refractivity contribution in [3.63, 3.8) is 0 Å².